The van der Waals surface area contributed by atoms with Gasteiger partial charge in [-0.3, -0.25) is 4.79 Å². The third-order valence-corrected chi connectivity index (χ3v) is 2.01. The molecule has 0 aromatic rings. The maximum Gasteiger partial charge on any atom is 0.306 e. The molecule has 102 valence electrons. The van der Waals surface area contributed by atoms with E-state index in [1.54, 1.807) is 6.92 Å². The van der Waals surface area contributed by atoms with E-state index >= 15 is 0 Å². The van der Waals surface area contributed by atoms with Gasteiger partial charge in [0.2, 0.25) is 5.90 Å². The van der Waals surface area contributed by atoms with Gasteiger partial charge in [0.05, 0.1) is 12.6 Å². The maximum atomic E-state index is 11.5. The van der Waals surface area contributed by atoms with Crippen molar-refractivity contribution < 1.29 is 14.3 Å². The molecule has 18 heavy (non-hydrogen) atoms. The number of rotatable bonds is 5. The molecule has 0 aromatic heterocycles. The fraction of sp³-hybridized carbons (Fsp3) is 0.714. The summed E-state index contributed by atoms with van der Waals surface area (Å²) in [5.74, 6) is 2.63. The lowest BCUT2D eigenvalue weighted by Gasteiger charge is -2.19. The fourth-order valence-corrected chi connectivity index (χ4v) is 1.27. The number of carbonyl (C=O) groups excluding carboxylic acids is 1. The molecular formula is C14H23NO3. The highest BCUT2D eigenvalue weighted by Crippen LogP contribution is 2.10. The van der Waals surface area contributed by atoms with E-state index in [4.69, 9.17) is 15.9 Å². The molecule has 0 saturated heterocycles. The molecule has 0 rings (SSSR count). The number of methoxy groups -OCH3 is 1. The van der Waals surface area contributed by atoms with E-state index in [1.807, 2.05) is 20.8 Å². The van der Waals surface area contributed by atoms with E-state index in [0.717, 1.165) is 0 Å². The van der Waals surface area contributed by atoms with E-state index < -0.39 is 6.10 Å². The summed E-state index contributed by atoms with van der Waals surface area (Å²) in [6.45, 7) is 7.60. The average molecular weight is 253 g/mol. The van der Waals surface area contributed by atoms with Crippen LogP contribution in [0.5, 0.6) is 0 Å². The zero-order valence-electron chi connectivity index (χ0n) is 11.9. The van der Waals surface area contributed by atoms with Crippen LogP contribution in [-0.4, -0.2) is 30.6 Å². The zero-order valence-corrected chi connectivity index (χ0v) is 11.9. The number of terminal acetylenes is 1. The Bertz CT molecular complexity index is 334. The number of nitrogens with zero attached hydrogens (tertiary/aromatic N) is 1. The number of hydrogen-bond acceptors (Lipinski definition) is 4. The lowest BCUT2D eigenvalue weighted by molar-refractivity contribution is -0.146. The van der Waals surface area contributed by atoms with E-state index in [-0.39, 0.29) is 11.5 Å². The van der Waals surface area contributed by atoms with Crippen LogP contribution in [-0.2, 0) is 14.3 Å². The van der Waals surface area contributed by atoms with Crippen LogP contribution in [0, 0.1) is 12.3 Å². The van der Waals surface area contributed by atoms with Crippen molar-refractivity contribution in [2.45, 2.75) is 58.6 Å². The lowest BCUT2D eigenvalue weighted by atomic mass is 10.1. The molecule has 0 N–H and O–H groups in total. The minimum Gasteiger partial charge on any atom is -0.482 e. The summed E-state index contributed by atoms with van der Waals surface area (Å²) < 4.78 is 10.4. The molecule has 0 aliphatic rings. The number of ether oxygens (including phenoxy) is 2. The van der Waals surface area contributed by atoms with Crippen molar-refractivity contribution in [2.24, 2.45) is 4.99 Å². The van der Waals surface area contributed by atoms with Gasteiger partial charge in [0.25, 0.3) is 0 Å². The van der Waals surface area contributed by atoms with Crippen LogP contribution < -0.4 is 0 Å². The highest BCUT2D eigenvalue weighted by molar-refractivity contribution is 5.83. The Balaban J connectivity index is 4.37. The van der Waals surface area contributed by atoms with Gasteiger partial charge in [-0.1, -0.05) is 0 Å². The van der Waals surface area contributed by atoms with Crippen LogP contribution in [0.25, 0.3) is 0 Å². The van der Waals surface area contributed by atoms with Crippen LogP contribution in [0.3, 0.4) is 0 Å². The Morgan fingerprint density at radius 1 is 1.44 bits per heavy atom. The van der Waals surface area contributed by atoms with Gasteiger partial charge in [-0.2, -0.15) is 0 Å². The van der Waals surface area contributed by atoms with Crippen LogP contribution >= 0.6 is 0 Å². The second-order valence-corrected chi connectivity index (χ2v) is 5.01. The molecule has 0 aliphatic heterocycles. The van der Waals surface area contributed by atoms with Gasteiger partial charge < -0.3 is 9.47 Å². The molecule has 1 atom stereocenters. The van der Waals surface area contributed by atoms with Gasteiger partial charge in [0.1, 0.15) is 0 Å². The van der Waals surface area contributed by atoms with Crippen LogP contribution in [0.2, 0.25) is 0 Å². The predicted molar refractivity (Wildman–Crippen MR) is 72.4 cm³/mol. The topological polar surface area (TPSA) is 47.9 Å². The molecule has 0 radical (unpaired) electrons. The summed E-state index contributed by atoms with van der Waals surface area (Å²) in [5, 5.41) is 0. The van der Waals surface area contributed by atoms with Crippen molar-refractivity contribution in [3.8, 4) is 12.3 Å². The van der Waals surface area contributed by atoms with Gasteiger partial charge in [-0.05, 0) is 34.1 Å². The molecule has 0 fully saturated rings. The third kappa shape index (κ3) is 7.72. The second-order valence-electron chi connectivity index (χ2n) is 5.01. The summed E-state index contributed by atoms with van der Waals surface area (Å²) >= 11 is 0. The van der Waals surface area contributed by atoms with Crippen molar-refractivity contribution in [3.05, 3.63) is 0 Å². The molecule has 4 nitrogen and oxygen atoms in total. The maximum absolute atomic E-state index is 11.5. The molecular weight excluding hydrogens is 230 g/mol. The fourth-order valence-electron chi connectivity index (χ4n) is 1.27. The number of unbranched alkanes of at least 4 members (excludes halogenated alkanes) is 1. The first-order valence-corrected chi connectivity index (χ1v) is 6.07. The highest BCUT2D eigenvalue weighted by Gasteiger charge is 2.19. The van der Waals surface area contributed by atoms with Crippen molar-refractivity contribution >= 4 is 11.9 Å². The van der Waals surface area contributed by atoms with Crippen molar-refractivity contribution in [3.63, 3.8) is 0 Å². The predicted octanol–water partition coefficient (Wildman–Crippen LogP) is 2.57. The van der Waals surface area contributed by atoms with Gasteiger partial charge in [0, 0.05) is 12.8 Å². The third-order valence-electron chi connectivity index (χ3n) is 2.01. The van der Waals surface area contributed by atoms with Crippen molar-refractivity contribution in [2.75, 3.05) is 7.11 Å². The van der Waals surface area contributed by atoms with Crippen LogP contribution in [0.4, 0.5) is 0 Å². The van der Waals surface area contributed by atoms with Crippen molar-refractivity contribution in [1.29, 1.82) is 0 Å². The summed E-state index contributed by atoms with van der Waals surface area (Å²) in [6.07, 6.45) is 6.18. The van der Waals surface area contributed by atoms with E-state index in [1.165, 1.54) is 7.11 Å². The Morgan fingerprint density at radius 2 is 2.06 bits per heavy atom. The summed E-state index contributed by atoms with van der Waals surface area (Å²) in [6, 6.07) is 0. The number of carbonyl (C=O) groups is 1. The van der Waals surface area contributed by atoms with Gasteiger partial charge >= 0.3 is 5.97 Å². The van der Waals surface area contributed by atoms with E-state index in [9.17, 15) is 4.79 Å². The largest absolute Gasteiger partial charge is 0.482 e. The molecule has 0 aromatic carbocycles. The first-order chi connectivity index (χ1) is 8.30. The first-order valence-electron chi connectivity index (χ1n) is 6.07. The molecule has 1 unspecified atom stereocenters. The molecule has 4 heteroatoms. The molecule has 0 spiro atoms. The van der Waals surface area contributed by atoms with Crippen molar-refractivity contribution in [1.82, 2.24) is 0 Å². The molecule has 0 amide bonds. The summed E-state index contributed by atoms with van der Waals surface area (Å²) in [7, 11) is 1.52. The monoisotopic (exact) mass is 253 g/mol. The first kappa shape index (κ1) is 16.5. The highest BCUT2D eigenvalue weighted by atomic mass is 16.6. The Kier molecular flexibility index (Phi) is 7.11. The minimum absolute atomic E-state index is 0.268. The quantitative estimate of drug-likeness (QED) is 0.249. The summed E-state index contributed by atoms with van der Waals surface area (Å²) in [5.41, 5.74) is -0.268. The Morgan fingerprint density at radius 3 is 2.50 bits per heavy atom. The standard InChI is InChI=1S/C14H23NO3/c1-7-8-9-10-12(16)18-11(2)13(17-6)15-14(3,4)5/h1,11H,8-10H2,2-6H3. The van der Waals surface area contributed by atoms with Gasteiger partial charge in [-0.15, -0.1) is 12.3 Å². The normalized spacial score (nSPS) is 13.7. The SMILES string of the molecule is C#CCCCC(=O)OC(C)C(=NC(C)(C)C)OC. The smallest absolute Gasteiger partial charge is 0.306 e. The van der Waals surface area contributed by atoms with Gasteiger partial charge in [0.15, 0.2) is 6.10 Å². The molecule has 0 saturated carbocycles. The van der Waals surface area contributed by atoms with Crippen LogP contribution in [0.15, 0.2) is 4.99 Å². The minimum atomic E-state index is -0.479. The Labute approximate surface area is 110 Å². The lowest BCUT2D eigenvalue weighted by Crippen LogP contribution is -2.28. The number of esters is 1. The molecule has 0 bridgehead atoms. The van der Waals surface area contributed by atoms with Crippen LogP contribution in [0.1, 0.15) is 47.0 Å². The van der Waals surface area contributed by atoms with Gasteiger partial charge in [-0.25, -0.2) is 4.99 Å². The van der Waals surface area contributed by atoms with E-state index in [0.29, 0.717) is 25.2 Å². The average Bonchev–Trinajstić information content (AvgIpc) is 2.24. The molecule has 0 aliphatic carbocycles. The number of hydrogen-bond donors (Lipinski definition) is 0. The van der Waals surface area contributed by atoms with E-state index in [2.05, 4.69) is 10.9 Å². The summed E-state index contributed by atoms with van der Waals surface area (Å²) in [4.78, 5) is 15.9. The molecule has 0 heterocycles. The zero-order chi connectivity index (χ0) is 14.2. The number of aliphatic imine (C=N–C) groups is 1. The second kappa shape index (κ2) is 7.75. The Hall–Kier alpha value is -1.50.